The molecule has 0 saturated carbocycles. The molecule has 0 aliphatic heterocycles. The van der Waals surface area contributed by atoms with Crippen LogP contribution in [0.3, 0.4) is 0 Å². The maximum absolute atomic E-state index is 12.8. The van der Waals surface area contributed by atoms with E-state index in [0.717, 1.165) is 83.7 Å². The van der Waals surface area contributed by atoms with Crippen molar-refractivity contribution in [1.82, 2.24) is 10.6 Å². The predicted molar refractivity (Wildman–Crippen MR) is 118 cm³/mol. The number of hydrogen-bond donors (Lipinski definition) is 4. The number of nitrogens with one attached hydrogen (secondary N) is 2. The summed E-state index contributed by atoms with van der Waals surface area (Å²) in [5.41, 5.74) is 11.0. The van der Waals surface area contributed by atoms with Crippen molar-refractivity contribution in [2.75, 3.05) is 26.2 Å². The zero-order valence-corrected chi connectivity index (χ0v) is 18.4. The van der Waals surface area contributed by atoms with Gasteiger partial charge in [-0.15, -0.1) is 0 Å². The zero-order chi connectivity index (χ0) is 21.0. The van der Waals surface area contributed by atoms with Crippen LogP contribution in [0.1, 0.15) is 90.9 Å². The Hall–Kier alpha value is -1.14. The largest absolute Gasteiger partial charge is 0.356 e. The van der Waals surface area contributed by atoms with Crippen LogP contribution >= 0.6 is 0 Å². The molecule has 0 heterocycles. The lowest BCUT2D eigenvalue weighted by molar-refractivity contribution is -0.135. The molecule has 0 aromatic rings. The molecular formula is C22H46N4O2. The number of amides is 2. The van der Waals surface area contributed by atoms with Crippen LogP contribution in [0, 0.1) is 11.8 Å². The average Bonchev–Trinajstić information content (AvgIpc) is 2.70. The van der Waals surface area contributed by atoms with Gasteiger partial charge in [0.2, 0.25) is 11.8 Å². The monoisotopic (exact) mass is 398 g/mol. The lowest BCUT2D eigenvalue weighted by atomic mass is 9.84. The van der Waals surface area contributed by atoms with Gasteiger partial charge in [0, 0.05) is 24.9 Å². The first kappa shape index (κ1) is 26.9. The molecule has 0 rings (SSSR count). The highest BCUT2D eigenvalue weighted by molar-refractivity contribution is 5.87. The topological polar surface area (TPSA) is 110 Å². The molecule has 6 N–H and O–H groups in total. The van der Waals surface area contributed by atoms with Crippen LogP contribution in [0.15, 0.2) is 0 Å². The molecule has 0 aromatic carbocycles. The van der Waals surface area contributed by atoms with Gasteiger partial charge in [0.25, 0.3) is 0 Å². The fraction of sp³-hybridized carbons (Fsp3) is 0.909. The van der Waals surface area contributed by atoms with Gasteiger partial charge in [-0.1, -0.05) is 52.4 Å². The summed E-state index contributed by atoms with van der Waals surface area (Å²) in [5.74, 6) is -0.406. The van der Waals surface area contributed by atoms with E-state index < -0.39 is 0 Å². The summed E-state index contributed by atoms with van der Waals surface area (Å²) in [6.07, 6.45) is 11.9. The number of nitrogens with two attached hydrogens (primary N) is 2. The summed E-state index contributed by atoms with van der Waals surface area (Å²) < 4.78 is 0. The second-order valence-electron chi connectivity index (χ2n) is 7.75. The van der Waals surface area contributed by atoms with Crippen LogP contribution in [0.4, 0.5) is 0 Å². The maximum Gasteiger partial charge on any atom is 0.223 e. The molecule has 2 atom stereocenters. The fourth-order valence-corrected chi connectivity index (χ4v) is 3.52. The zero-order valence-electron chi connectivity index (χ0n) is 18.4. The van der Waals surface area contributed by atoms with Gasteiger partial charge in [0.15, 0.2) is 0 Å². The minimum absolute atomic E-state index is 0.0283. The fourth-order valence-electron chi connectivity index (χ4n) is 3.52. The van der Waals surface area contributed by atoms with E-state index >= 15 is 0 Å². The molecule has 0 radical (unpaired) electrons. The quantitative estimate of drug-likeness (QED) is 0.251. The SMILES string of the molecule is CCCCC(C(=O)NCCCCCCN)C(CC)C(=O)NCCCCCCN. The Kier molecular flexibility index (Phi) is 18.4. The van der Waals surface area contributed by atoms with Crippen molar-refractivity contribution in [3.05, 3.63) is 0 Å². The number of carbonyl (C=O) groups excluding carboxylic acids is 2. The highest BCUT2D eigenvalue weighted by atomic mass is 16.2. The number of hydrogen-bond acceptors (Lipinski definition) is 4. The summed E-state index contributed by atoms with van der Waals surface area (Å²) in [6, 6.07) is 0. The van der Waals surface area contributed by atoms with Gasteiger partial charge in [-0.3, -0.25) is 9.59 Å². The van der Waals surface area contributed by atoms with E-state index in [4.69, 9.17) is 11.5 Å². The van der Waals surface area contributed by atoms with Crippen LogP contribution in [0.25, 0.3) is 0 Å². The van der Waals surface area contributed by atoms with E-state index in [9.17, 15) is 9.59 Å². The van der Waals surface area contributed by atoms with Crippen molar-refractivity contribution in [2.24, 2.45) is 23.3 Å². The van der Waals surface area contributed by atoms with Crippen molar-refractivity contribution in [3.8, 4) is 0 Å². The predicted octanol–water partition coefficient (Wildman–Crippen LogP) is 3.09. The molecule has 0 aliphatic rings. The third-order valence-electron chi connectivity index (χ3n) is 5.33. The third-order valence-corrected chi connectivity index (χ3v) is 5.33. The van der Waals surface area contributed by atoms with Crippen LogP contribution in [-0.4, -0.2) is 38.0 Å². The van der Waals surface area contributed by atoms with Crippen LogP contribution < -0.4 is 22.1 Å². The Morgan fingerprint density at radius 3 is 1.57 bits per heavy atom. The van der Waals surface area contributed by atoms with Gasteiger partial charge in [0.1, 0.15) is 0 Å². The Morgan fingerprint density at radius 1 is 0.679 bits per heavy atom. The molecule has 2 amide bonds. The normalized spacial score (nSPS) is 13.1. The standard InChI is InChI=1S/C22H46N4O2/c1-3-5-14-20(22(28)26-18-13-9-7-11-16-24)19(4-2)21(27)25-17-12-8-6-10-15-23/h19-20H,3-18,23-24H2,1-2H3,(H,25,27)(H,26,28). The average molecular weight is 399 g/mol. The summed E-state index contributed by atoms with van der Waals surface area (Å²) >= 11 is 0. The van der Waals surface area contributed by atoms with Gasteiger partial charge < -0.3 is 22.1 Å². The lowest BCUT2D eigenvalue weighted by Crippen LogP contribution is -2.42. The minimum Gasteiger partial charge on any atom is -0.356 e. The molecule has 0 fully saturated rings. The first-order valence-corrected chi connectivity index (χ1v) is 11.6. The number of carbonyl (C=O) groups is 2. The molecule has 0 bridgehead atoms. The molecule has 0 aromatic heterocycles. The molecule has 2 unspecified atom stereocenters. The van der Waals surface area contributed by atoms with E-state index in [1.165, 1.54) is 0 Å². The van der Waals surface area contributed by atoms with Crippen molar-refractivity contribution in [2.45, 2.75) is 90.9 Å². The Morgan fingerprint density at radius 2 is 1.14 bits per heavy atom. The highest BCUT2D eigenvalue weighted by Crippen LogP contribution is 2.23. The van der Waals surface area contributed by atoms with Gasteiger partial charge in [0.05, 0.1) is 0 Å². The van der Waals surface area contributed by atoms with Gasteiger partial charge in [-0.2, -0.15) is 0 Å². The molecule has 166 valence electrons. The van der Waals surface area contributed by atoms with Crippen molar-refractivity contribution in [3.63, 3.8) is 0 Å². The smallest absolute Gasteiger partial charge is 0.223 e. The van der Waals surface area contributed by atoms with E-state index in [-0.39, 0.29) is 23.7 Å². The van der Waals surface area contributed by atoms with Gasteiger partial charge >= 0.3 is 0 Å². The maximum atomic E-state index is 12.8. The molecular weight excluding hydrogens is 352 g/mol. The summed E-state index contributed by atoms with van der Waals surface area (Å²) in [6.45, 7) is 6.95. The third kappa shape index (κ3) is 13.1. The van der Waals surface area contributed by atoms with Crippen molar-refractivity contribution in [1.29, 1.82) is 0 Å². The van der Waals surface area contributed by atoms with Gasteiger partial charge in [-0.05, 0) is 51.6 Å². The summed E-state index contributed by atoms with van der Waals surface area (Å²) in [4.78, 5) is 25.5. The van der Waals surface area contributed by atoms with Crippen molar-refractivity contribution < 1.29 is 9.59 Å². The lowest BCUT2D eigenvalue weighted by Gasteiger charge is -2.25. The van der Waals surface area contributed by atoms with E-state index in [1.807, 2.05) is 6.92 Å². The highest BCUT2D eigenvalue weighted by Gasteiger charge is 2.31. The summed E-state index contributed by atoms with van der Waals surface area (Å²) in [7, 11) is 0. The molecule has 28 heavy (non-hydrogen) atoms. The summed E-state index contributed by atoms with van der Waals surface area (Å²) in [5, 5.41) is 6.12. The number of rotatable bonds is 19. The van der Waals surface area contributed by atoms with Crippen LogP contribution in [0.2, 0.25) is 0 Å². The number of unbranched alkanes of at least 4 members (excludes halogenated alkanes) is 7. The Balaban J connectivity index is 4.47. The molecule has 6 nitrogen and oxygen atoms in total. The van der Waals surface area contributed by atoms with Gasteiger partial charge in [-0.25, -0.2) is 0 Å². The first-order valence-electron chi connectivity index (χ1n) is 11.6. The van der Waals surface area contributed by atoms with Crippen LogP contribution in [-0.2, 0) is 9.59 Å². The first-order chi connectivity index (χ1) is 13.6. The van der Waals surface area contributed by atoms with Crippen LogP contribution in [0.5, 0.6) is 0 Å². The Labute approximate surface area is 173 Å². The molecule has 0 spiro atoms. The molecule has 0 aliphatic carbocycles. The Bertz CT molecular complexity index is 391. The van der Waals surface area contributed by atoms with E-state index in [2.05, 4.69) is 17.6 Å². The van der Waals surface area contributed by atoms with E-state index in [0.29, 0.717) is 19.5 Å². The second-order valence-corrected chi connectivity index (χ2v) is 7.75. The van der Waals surface area contributed by atoms with E-state index in [1.54, 1.807) is 0 Å². The van der Waals surface area contributed by atoms with Crippen molar-refractivity contribution >= 4 is 11.8 Å². The molecule has 6 heteroatoms. The second kappa shape index (κ2) is 19.2. The molecule has 0 saturated heterocycles. The minimum atomic E-state index is -0.243.